The highest BCUT2D eigenvalue weighted by Crippen LogP contribution is 2.51. The average molecular weight is 458 g/mol. The molecule has 1 aromatic rings. The van der Waals surface area contributed by atoms with E-state index in [1.807, 2.05) is 37.8 Å². The van der Waals surface area contributed by atoms with E-state index in [4.69, 9.17) is 4.74 Å². The summed E-state index contributed by atoms with van der Waals surface area (Å²) in [5.41, 5.74) is -0.859. The minimum atomic E-state index is -0.477. The second-order valence-corrected chi connectivity index (χ2v) is 9.91. The quantitative estimate of drug-likeness (QED) is 0.673. The van der Waals surface area contributed by atoms with E-state index in [1.165, 1.54) is 0 Å². The predicted octanol–water partition coefficient (Wildman–Crippen LogP) is 4.20. The zero-order chi connectivity index (χ0) is 18.5. The average Bonchev–Trinajstić information content (AvgIpc) is 2.63. The van der Waals surface area contributed by atoms with Crippen LogP contribution in [0.4, 0.5) is 10.6 Å². The predicted molar refractivity (Wildman–Crippen MR) is 106 cm³/mol. The molecule has 2 bridgehead atoms. The number of ether oxygens (including phenoxy) is 1. The van der Waals surface area contributed by atoms with Crippen LogP contribution in [0.3, 0.4) is 0 Å². The summed E-state index contributed by atoms with van der Waals surface area (Å²) in [7, 11) is 0. The Labute approximate surface area is 163 Å². The van der Waals surface area contributed by atoms with E-state index in [2.05, 4.69) is 52.0 Å². The van der Waals surface area contributed by atoms with Gasteiger partial charge >= 0.3 is 6.09 Å². The van der Waals surface area contributed by atoms with Crippen LogP contribution in [0.15, 0.2) is 12.1 Å². The number of nitrogens with one attached hydrogen (secondary N) is 1. The summed E-state index contributed by atoms with van der Waals surface area (Å²) in [6.45, 7) is 10.1. The maximum absolute atomic E-state index is 12.8. The Morgan fingerprint density at radius 3 is 2.32 bits per heavy atom. The van der Waals surface area contributed by atoms with Gasteiger partial charge in [-0.1, -0.05) is 0 Å². The summed E-state index contributed by atoms with van der Waals surface area (Å²) in [5.74, 6) is 0.794. The number of aromatic nitrogens is 2. The molecule has 0 saturated carbocycles. The molecule has 0 spiro atoms. The van der Waals surface area contributed by atoms with Gasteiger partial charge in [0, 0.05) is 17.1 Å². The highest BCUT2D eigenvalue weighted by atomic mass is 127. The molecule has 1 amide bonds. The first kappa shape index (κ1) is 18.7. The Hall–Kier alpha value is -1.12. The molecule has 25 heavy (non-hydrogen) atoms. The summed E-state index contributed by atoms with van der Waals surface area (Å²) in [5, 5.41) is 11.8. The smallest absolute Gasteiger partial charge is 0.411 e. The third kappa shape index (κ3) is 3.85. The van der Waals surface area contributed by atoms with Gasteiger partial charge in [0.15, 0.2) is 0 Å². The van der Waals surface area contributed by atoms with Gasteiger partial charge in [-0.2, -0.15) is 0 Å². The van der Waals surface area contributed by atoms with Crippen molar-refractivity contribution >= 4 is 34.5 Å². The molecular weight excluding hydrogens is 431 g/mol. The van der Waals surface area contributed by atoms with Crippen molar-refractivity contribution in [2.75, 3.05) is 5.32 Å². The number of piperidine rings is 1. The van der Waals surface area contributed by atoms with E-state index in [1.54, 1.807) is 0 Å². The molecule has 2 aliphatic rings. The zero-order valence-corrected chi connectivity index (χ0v) is 17.8. The topological polar surface area (TPSA) is 67.3 Å². The number of anilines is 1. The lowest BCUT2D eigenvalue weighted by molar-refractivity contribution is -0.0339. The van der Waals surface area contributed by atoms with E-state index in [9.17, 15) is 4.79 Å². The SMILES string of the molecule is CC(C)(C)OC(=O)N1[C@@]2(C)CC[C@]1(C)CC(Nc1ccc(I)nn1)C2. The van der Waals surface area contributed by atoms with Crippen molar-refractivity contribution in [3.05, 3.63) is 15.8 Å². The van der Waals surface area contributed by atoms with Crippen LogP contribution in [0, 0.1) is 3.70 Å². The monoisotopic (exact) mass is 458 g/mol. The first-order valence-corrected chi connectivity index (χ1v) is 9.88. The fraction of sp³-hybridized carbons (Fsp3) is 0.722. The van der Waals surface area contributed by atoms with E-state index in [0.717, 1.165) is 35.2 Å². The van der Waals surface area contributed by atoms with Crippen LogP contribution in [0.1, 0.15) is 60.3 Å². The summed E-state index contributed by atoms with van der Waals surface area (Å²) < 4.78 is 6.58. The van der Waals surface area contributed by atoms with E-state index < -0.39 is 5.60 Å². The van der Waals surface area contributed by atoms with Crippen LogP contribution in [0.25, 0.3) is 0 Å². The van der Waals surface area contributed by atoms with Crippen LogP contribution in [-0.4, -0.2) is 43.9 Å². The van der Waals surface area contributed by atoms with Crippen LogP contribution >= 0.6 is 22.6 Å². The Morgan fingerprint density at radius 1 is 1.24 bits per heavy atom. The summed E-state index contributed by atoms with van der Waals surface area (Å²) >= 11 is 2.15. The van der Waals surface area contributed by atoms with Gasteiger partial charge in [0.25, 0.3) is 0 Å². The Balaban J connectivity index is 1.77. The molecule has 3 heterocycles. The molecule has 6 nitrogen and oxygen atoms in total. The number of rotatable bonds is 2. The number of carbonyl (C=O) groups excluding carboxylic acids is 1. The third-order valence-electron chi connectivity index (χ3n) is 5.21. The van der Waals surface area contributed by atoms with Gasteiger partial charge in [0.05, 0.1) is 0 Å². The third-order valence-corrected chi connectivity index (χ3v) is 5.79. The van der Waals surface area contributed by atoms with E-state index >= 15 is 0 Å². The van der Waals surface area contributed by atoms with Gasteiger partial charge in [-0.25, -0.2) is 4.79 Å². The highest BCUT2D eigenvalue weighted by molar-refractivity contribution is 14.1. The molecule has 1 aromatic heterocycles. The molecule has 3 atom stereocenters. The Morgan fingerprint density at radius 2 is 1.84 bits per heavy atom. The zero-order valence-electron chi connectivity index (χ0n) is 15.6. The fourth-order valence-electron chi connectivity index (χ4n) is 4.39. The lowest BCUT2D eigenvalue weighted by Crippen LogP contribution is -2.62. The molecule has 138 valence electrons. The van der Waals surface area contributed by atoms with Crippen LogP contribution in [0.5, 0.6) is 0 Å². The van der Waals surface area contributed by atoms with Crippen molar-refractivity contribution in [1.82, 2.24) is 15.1 Å². The molecule has 2 fully saturated rings. The van der Waals surface area contributed by atoms with Crippen molar-refractivity contribution in [1.29, 1.82) is 0 Å². The molecule has 0 aliphatic carbocycles. The molecule has 7 heteroatoms. The lowest BCUT2D eigenvalue weighted by atomic mass is 9.82. The maximum atomic E-state index is 12.8. The molecule has 0 aromatic carbocycles. The Bertz CT molecular complexity index is 640. The first-order chi connectivity index (χ1) is 11.5. The van der Waals surface area contributed by atoms with Crippen LogP contribution in [-0.2, 0) is 4.74 Å². The summed E-state index contributed by atoms with van der Waals surface area (Å²) in [6, 6.07) is 4.18. The molecular formula is C18H27IN4O2. The van der Waals surface area contributed by atoms with Crippen molar-refractivity contribution in [3.63, 3.8) is 0 Å². The number of halogens is 1. The van der Waals surface area contributed by atoms with Gasteiger partial charge in [-0.3, -0.25) is 4.90 Å². The van der Waals surface area contributed by atoms with E-state index in [0.29, 0.717) is 0 Å². The number of hydrogen-bond donors (Lipinski definition) is 1. The number of fused-ring (bicyclic) bond motifs is 2. The van der Waals surface area contributed by atoms with Gasteiger partial charge in [0.2, 0.25) is 0 Å². The van der Waals surface area contributed by atoms with Gasteiger partial charge < -0.3 is 10.1 Å². The van der Waals surface area contributed by atoms with Gasteiger partial charge in [-0.05, 0) is 95.0 Å². The second-order valence-electron chi connectivity index (χ2n) is 8.80. The normalized spacial score (nSPS) is 31.8. The number of hydrogen-bond acceptors (Lipinski definition) is 5. The summed E-state index contributed by atoms with van der Waals surface area (Å²) in [6.07, 6.45) is 3.58. The first-order valence-electron chi connectivity index (χ1n) is 8.80. The lowest BCUT2D eigenvalue weighted by Gasteiger charge is -2.51. The molecule has 2 aliphatic heterocycles. The standard InChI is InChI=1S/C18H27IN4O2/c1-16(2,3)25-15(24)23-17(4)8-9-18(23,5)11-12(10-17)20-14-7-6-13(19)21-22-14/h6-7,12H,8-11H2,1-5H3,(H,20,22)/t12?,17-,18+. The molecule has 0 radical (unpaired) electrons. The highest BCUT2D eigenvalue weighted by Gasteiger charge is 2.58. The van der Waals surface area contributed by atoms with Crippen molar-refractivity contribution in [3.8, 4) is 0 Å². The minimum Gasteiger partial charge on any atom is -0.444 e. The van der Waals surface area contributed by atoms with Crippen LogP contribution in [0.2, 0.25) is 0 Å². The minimum absolute atomic E-state index is 0.191. The number of nitrogens with zero attached hydrogens (tertiary/aromatic N) is 3. The largest absolute Gasteiger partial charge is 0.444 e. The fourth-order valence-corrected chi connectivity index (χ4v) is 4.67. The van der Waals surface area contributed by atoms with Gasteiger partial charge in [-0.15, -0.1) is 10.2 Å². The number of carbonyl (C=O) groups is 1. The van der Waals surface area contributed by atoms with Gasteiger partial charge in [0.1, 0.15) is 15.1 Å². The molecule has 2 saturated heterocycles. The molecule has 3 rings (SSSR count). The number of amides is 1. The van der Waals surface area contributed by atoms with Crippen molar-refractivity contribution < 1.29 is 9.53 Å². The molecule has 1 N–H and O–H groups in total. The maximum Gasteiger partial charge on any atom is 0.411 e. The molecule has 1 unspecified atom stereocenters. The summed E-state index contributed by atoms with van der Waals surface area (Å²) in [4.78, 5) is 14.9. The van der Waals surface area contributed by atoms with Crippen LogP contribution < -0.4 is 5.32 Å². The van der Waals surface area contributed by atoms with Crippen molar-refractivity contribution in [2.45, 2.75) is 83.0 Å². The van der Waals surface area contributed by atoms with Crippen molar-refractivity contribution in [2.24, 2.45) is 0 Å². The van der Waals surface area contributed by atoms with E-state index in [-0.39, 0.29) is 23.2 Å². The second kappa shape index (κ2) is 6.25. The Kier molecular flexibility index (Phi) is 4.66.